The first-order valence-electron chi connectivity index (χ1n) is 4.91. The molecule has 1 saturated carbocycles. The second kappa shape index (κ2) is 4.09. The van der Waals surface area contributed by atoms with Crippen LogP contribution in [0.15, 0.2) is 0 Å². The molecule has 1 atom stereocenters. The van der Waals surface area contributed by atoms with Crippen molar-refractivity contribution in [1.82, 2.24) is 0 Å². The molecule has 0 amide bonds. The Morgan fingerprint density at radius 2 is 2.23 bits per heavy atom. The van der Waals surface area contributed by atoms with Gasteiger partial charge in [0.25, 0.3) is 0 Å². The van der Waals surface area contributed by atoms with Crippen molar-refractivity contribution in [2.75, 3.05) is 6.61 Å². The zero-order valence-corrected chi connectivity index (χ0v) is 8.38. The van der Waals surface area contributed by atoms with Gasteiger partial charge in [-0.05, 0) is 26.2 Å². The molecule has 0 spiro atoms. The van der Waals surface area contributed by atoms with E-state index in [4.69, 9.17) is 4.74 Å². The summed E-state index contributed by atoms with van der Waals surface area (Å²) in [5.41, 5.74) is -0.868. The topological polar surface area (TPSA) is 46.5 Å². The summed E-state index contributed by atoms with van der Waals surface area (Å²) in [4.78, 5) is 11.1. The van der Waals surface area contributed by atoms with Crippen LogP contribution in [0.1, 0.15) is 39.5 Å². The molecule has 76 valence electrons. The van der Waals surface area contributed by atoms with Gasteiger partial charge in [-0.3, -0.25) is 4.79 Å². The van der Waals surface area contributed by atoms with E-state index in [2.05, 4.69) is 0 Å². The molecule has 0 bridgehead atoms. The van der Waals surface area contributed by atoms with E-state index < -0.39 is 5.60 Å². The number of carbonyl (C=O) groups excluding carboxylic acids is 1. The lowest BCUT2D eigenvalue weighted by atomic mass is 9.95. The van der Waals surface area contributed by atoms with E-state index in [1.54, 1.807) is 13.8 Å². The van der Waals surface area contributed by atoms with Gasteiger partial charge in [-0.2, -0.15) is 0 Å². The largest absolute Gasteiger partial charge is 0.466 e. The van der Waals surface area contributed by atoms with Crippen LogP contribution in [-0.4, -0.2) is 23.3 Å². The Balaban J connectivity index is 2.26. The molecular formula is C10H18O3. The number of hydrogen-bond donors (Lipinski definition) is 1. The van der Waals surface area contributed by atoms with Crippen molar-refractivity contribution in [2.24, 2.45) is 5.92 Å². The van der Waals surface area contributed by atoms with E-state index in [0.717, 1.165) is 6.42 Å². The Hall–Kier alpha value is -0.570. The van der Waals surface area contributed by atoms with Gasteiger partial charge in [-0.15, -0.1) is 0 Å². The number of carbonyl (C=O) groups is 1. The lowest BCUT2D eigenvalue weighted by Gasteiger charge is -2.21. The highest BCUT2D eigenvalue weighted by molar-refractivity contribution is 5.70. The Bertz CT molecular complexity index is 183. The highest BCUT2D eigenvalue weighted by Crippen LogP contribution is 2.37. The van der Waals surface area contributed by atoms with Gasteiger partial charge in [0.2, 0.25) is 0 Å². The third kappa shape index (κ3) is 4.27. The van der Waals surface area contributed by atoms with Crippen LogP contribution in [0, 0.1) is 5.92 Å². The third-order valence-electron chi connectivity index (χ3n) is 2.26. The zero-order chi connectivity index (χ0) is 9.90. The van der Waals surface area contributed by atoms with E-state index in [-0.39, 0.29) is 12.4 Å². The Kier molecular flexibility index (Phi) is 3.31. The lowest BCUT2D eigenvalue weighted by Crippen LogP contribution is -2.29. The molecule has 0 aromatic heterocycles. The molecule has 0 saturated heterocycles. The van der Waals surface area contributed by atoms with Gasteiger partial charge in [-0.25, -0.2) is 0 Å². The van der Waals surface area contributed by atoms with Crippen LogP contribution in [0.4, 0.5) is 0 Å². The van der Waals surface area contributed by atoms with Gasteiger partial charge in [0, 0.05) is 0 Å². The molecule has 13 heavy (non-hydrogen) atoms. The average molecular weight is 186 g/mol. The fourth-order valence-electron chi connectivity index (χ4n) is 1.54. The summed E-state index contributed by atoms with van der Waals surface area (Å²) >= 11 is 0. The second-order valence-electron chi connectivity index (χ2n) is 4.13. The van der Waals surface area contributed by atoms with E-state index in [9.17, 15) is 9.90 Å². The Morgan fingerprint density at radius 3 is 2.69 bits per heavy atom. The highest BCUT2D eigenvalue weighted by Gasteiger charge is 2.33. The number of aliphatic hydroxyl groups is 1. The monoisotopic (exact) mass is 186 g/mol. The molecule has 1 rings (SSSR count). The van der Waals surface area contributed by atoms with Crippen LogP contribution in [-0.2, 0) is 9.53 Å². The molecule has 0 radical (unpaired) electrons. The summed E-state index contributed by atoms with van der Waals surface area (Å²) in [6.45, 7) is 3.87. The van der Waals surface area contributed by atoms with Gasteiger partial charge in [0.15, 0.2) is 0 Å². The predicted octanol–water partition coefficient (Wildman–Crippen LogP) is 1.49. The summed E-state index contributed by atoms with van der Waals surface area (Å²) in [6.07, 6.45) is 3.24. The summed E-state index contributed by atoms with van der Waals surface area (Å²) in [5.74, 6) is 0.331. The van der Waals surface area contributed by atoms with Crippen molar-refractivity contribution >= 4 is 5.97 Å². The molecular weight excluding hydrogens is 168 g/mol. The molecule has 0 heterocycles. The van der Waals surface area contributed by atoms with E-state index in [1.807, 2.05) is 0 Å². The van der Waals surface area contributed by atoms with E-state index in [1.165, 1.54) is 12.8 Å². The normalized spacial score (nSPS) is 20.8. The van der Waals surface area contributed by atoms with Gasteiger partial charge in [0.1, 0.15) is 0 Å². The van der Waals surface area contributed by atoms with Gasteiger partial charge in [-0.1, -0.05) is 12.8 Å². The first-order valence-corrected chi connectivity index (χ1v) is 4.91. The molecule has 1 aliphatic carbocycles. The van der Waals surface area contributed by atoms with E-state index in [0.29, 0.717) is 12.5 Å². The minimum absolute atomic E-state index is 0.122. The standard InChI is InChI=1S/C10H18O3/c1-3-13-9(11)7-10(2,12)6-8-4-5-8/h8,12H,3-7H2,1-2H3. The summed E-state index contributed by atoms with van der Waals surface area (Å²) in [7, 11) is 0. The molecule has 0 aromatic carbocycles. The summed E-state index contributed by atoms with van der Waals surface area (Å²) in [6, 6.07) is 0. The first kappa shape index (κ1) is 10.5. The maximum Gasteiger partial charge on any atom is 0.308 e. The highest BCUT2D eigenvalue weighted by atomic mass is 16.5. The van der Waals surface area contributed by atoms with Crippen molar-refractivity contribution in [1.29, 1.82) is 0 Å². The molecule has 1 fully saturated rings. The minimum atomic E-state index is -0.868. The Labute approximate surface area is 79.1 Å². The molecule has 1 N–H and O–H groups in total. The van der Waals surface area contributed by atoms with Crippen LogP contribution in [0.5, 0.6) is 0 Å². The van der Waals surface area contributed by atoms with Crippen LogP contribution >= 0.6 is 0 Å². The van der Waals surface area contributed by atoms with E-state index >= 15 is 0 Å². The van der Waals surface area contributed by atoms with Crippen molar-refractivity contribution in [3.05, 3.63) is 0 Å². The van der Waals surface area contributed by atoms with Gasteiger partial charge >= 0.3 is 5.97 Å². The zero-order valence-electron chi connectivity index (χ0n) is 8.38. The number of esters is 1. The molecule has 0 aliphatic heterocycles. The molecule has 3 nitrogen and oxygen atoms in total. The SMILES string of the molecule is CCOC(=O)CC(C)(O)CC1CC1. The van der Waals surface area contributed by atoms with Gasteiger partial charge in [0.05, 0.1) is 18.6 Å². The van der Waals surface area contributed by atoms with Crippen molar-refractivity contribution in [3.63, 3.8) is 0 Å². The van der Waals surface area contributed by atoms with Crippen LogP contribution in [0.25, 0.3) is 0 Å². The number of rotatable bonds is 5. The van der Waals surface area contributed by atoms with Crippen molar-refractivity contribution in [2.45, 2.75) is 45.1 Å². The quantitative estimate of drug-likeness (QED) is 0.662. The predicted molar refractivity (Wildman–Crippen MR) is 49.2 cm³/mol. The molecule has 0 aromatic rings. The summed E-state index contributed by atoms with van der Waals surface area (Å²) in [5, 5.41) is 9.82. The Morgan fingerprint density at radius 1 is 1.62 bits per heavy atom. The van der Waals surface area contributed by atoms with Crippen molar-refractivity contribution in [3.8, 4) is 0 Å². The number of hydrogen-bond acceptors (Lipinski definition) is 3. The van der Waals surface area contributed by atoms with Crippen LogP contribution in [0.2, 0.25) is 0 Å². The van der Waals surface area contributed by atoms with Gasteiger partial charge < -0.3 is 9.84 Å². The van der Waals surface area contributed by atoms with Crippen LogP contribution in [0.3, 0.4) is 0 Å². The molecule has 1 unspecified atom stereocenters. The van der Waals surface area contributed by atoms with Crippen molar-refractivity contribution < 1.29 is 14.6 Å². The second-order valence-corrected chi connectivity index (χ2v) is 4.13. The molecule has 1 aliphatic rings. The third-order valence-corrected chi connectivity index (χ3v) is 2.26. The maximum atomic E-state index is 11.1. The fourth-order valence-corrected chi connectivity index (χ4v) is 1.54. The minimum Gasteiger partial charge on any atom is -0.466 e. The molecule has 3 heteroatoms. The average Bonchev–Trinajstić information content (AvgIpc) is 2.69. The smallest absolute Gasteiger partial charge is 0.308 e. The number of ether oxygens (including phenoxy) is 1. The van der Waals surface area contributed by atoms with Crippen LogP contribution < -0.4 is 0 Å². The fraction of sp³-hybridized carbons (Fsp3) is 0.900. The maximum absolute atomic E-state index is 11.1. The summed E-state index contributed by atoms with van der Waals surface area (Å²) < 4.78 is 4.78. The first-order chi connectivity index (χ1) is 6.03. The lowest BCUT2D eigenvalue weighted by molar-refractivity contribution is -0.148.